The minimum Gasteiger partial charge on any atom is -0.378 e. The van der Waals surface area contributed by atoms with Crippen molar-refractivity contribution in [3.8, 4) is 0 Å². The molecule has 1 amide bonds. The van der Waals surface area contributed by atoms with E-state index in [2.05, 4.69) is 4.99 Å². The molecule has 0 aliphatic carbocycles. The Kier molecular flexibility index (Phi) is 4.61. The first kappa shape index (κ1) is 17.3. The fraction of sp³-hybridized carbons (Fsp3) is 0.500. The Morgan fingerprint density at radius 2 is 1.96 bits per heavy atom. The van der Waals surface area contributed by atoms with Crippen LogP contribution in [0, 0.1) is 0 Å². The summed E-state index contributed by atoms with van der Waals surface area (Å²) in [5.41, 5.74) is 1.93. The number of carbonyl (C=O) groups excluding carboxylic acids is 1. The summed E-state index contributed by atoms with van der Waals surface area (Å²) in [7, 11) is 0.895. The molecule has 2 atom stereocenters. The quantitative estimate of drug-likeness (QED) is 0.811. The zero-order chi connectivity index (χ0) is 17.5. The maximum Gasteiger partial charge on any atom is 0.247 e. The molecule has 1 aromatic carbocycles. The number of sulfone groups is 1. The third-order valence-electron chi connectivity index (χ3n) is 4.23. The van der Waals surface area contributed by atoms with Crippen LogP contribution in [-0.4, -0.2) is 56.4 Å². The highest BCUT2D eigenvalue weighted by molar-refractivity contribution is 8.16. The van der Waals surface area contributed by atoms with Gasteiger partial charge in [0.25, 0.3) is 0 Å². The summed E-state index contributed by atoms with van der Waals surface area (Å²) in [6.45, 7) is 1.77. The van der Waals surface area contributed by atoms with Gasteiger partial charge < -0.3 is 9.80 Å². The molecule has 0 saturated carbocycles. The fourth-order valence-electron chi connectivity index (χ4n) is 2.96. The number of hydrogen-bond acceptors (Lipinski definition) is 5. The van der Waals surface area contributed by atoms with Gasteiger partial charge in [-0.2, -0.15) is 4.99 Å². The van der Waals surface area contributed by atoms with E-state index in [1.165, 1.54) is 11.8 Å². The lowest BCUT2D eigenvalue weighted by atomic mass is 10.2. The van der Waals surface area contributed by atoms with E-state index >= 15 is 0 Å². The van der Waals surface area contributed by atoms with Crippen LogP contribution >= 0.6 is 11.8 Å². The number of hydrogen-bond donors (Lipinski definition) is 0. The zero-order valence-corrected chi connectivity index (χ0v) is 15.6. The average molecular weight is 367 g/mol. The van der Waals surface area contributed by atoms with Crippen LogP contribution in [0.5, 0.6) is 0 Å². The van der Waals surface area contributed by atoms with E-state index in [-0.39, 0.29) is 28.7 Å². The highest BCUT2D eigenvalue weighted by Gasteiger charge is 2.49. The summed E-state index contributed by atoms with van der Waals surface area (Å²) in [4.78, 5) is 19.9. The van der Waals surface area contributed by atoms with Gasteiger partial charge in [0, 0.05) is 37.1 Å². The Balaban J connectivity index is 1.98. The molecule has 0 spiro atoms. The minimum atomic E-state index is -3.04. The van der Waals surface area contributed by atoms with Gasteiger partial charge in [-0.3, -0.25) is 4.79 Å². The van der Waals surface area contributed by atoms with Gasteiger partial charge in [-0.1, -0.05) is 18.7 Å². The van der Waals surface area contributed by atoms with Crippen molar-refractivity contribution in [2.24, 2.45) is 4.99 Å². The highest BCUT2D eigenvalue weighted by atomic mass is 32.2. The molecule has 0 radical (unpaired) electrons. The second-order valence-corrected chi connectivity index (χ2v) is 9.58. The summed E-state index contributed by atoms with van der Waals surface area (Å²) in [6.07, 6.45) is 0.338. The molecule has 2 saturated heterocycles. The summed E-state index contributed by atoms with van der Waals surface area (Å²) in [5.74, 6) is 0.0724. The van der Waals surface area contributed by atoms with Crippen molar-refractivity contribution >= 4 is 44.0 Å². The van der Waals surface area contributed by atoms with Crippen LogP contribution in [0.2, 0.25) is 0 Å². The average Bonchev–Trinajstić information content (AvgIpc) is 2.98. The van der Waals surface area contributed by atoms with Crippen LogP contribution in [-0.2, 0) is 14.6 Å². The molecule has 1 aromatic rings. The number of aliphatic imine (C=N–C) groups is 1. The van der Waals surface area contributed by atoms with Crippen LogP contribution in [0.1, 0.15) is 13.3 Å². The number of benzene rings is 1. The van der Waals surface area contributed by atoms with Crippen molar-refractivity contribution in [2.45, 2.75) is 24.6 Å². The third-order valence-corrected chi connectivity index (χ3v) is 7.44. The van der Waals surface area contributed by atoms with Gasteiger partial charge in [-0.15, -0.1) is 0 Å². The molecule has 2 aliphatic heterocycles. The van der Waals surface area contributed by atoms with Crippen molar-refractivity contribution in [1.82, 2.24) is 0 Å². The molecule has 0 bridgehead atoms. The highest BCUT2D eigenvalue weighted by Crippen LogP contribution is 2.41. The van der Waals surface area contributed by atoms with Crippen molar-refractivity contribution in [1.29, 1.82) is 0 Å². The molecular weight excluding hydrogens is 346 g/mol. The topological polar surface area (TPSA) is 70.0 Å². The van der Waals surface area contributed by atoms with E-state index in [0.717, 1.165) is 11.4 Å². The molecule has 8 heteroatoms. The number of thioether (sulfide) groups is 1. The maximum absolute atomic E-state index is 12.0. The summed E-state index contributed by atoms with van der Waals surface area (Å²) >= 11 is 1.41. The number of rotatable bonds is 3. The zero-order valence-electron chi connectivity index (χ0n) is 14.0. The largest absolute Gasteiger partial charge is 0.378 e. The van der Waals surface area contributed by atoms with Crippen LogP contribution in [0.4, 0.5) is 11.4 Å². The molecule has 2 fully saturated rings. The van der Waals surface area contributed by atoms with Crippen LogP contribution < -0.4 is 9.80 Å². The predicted molar refractivity (Wildman–Crippen MR) is 99.8 cm³/mol. The number of carbonyl (C=O) groups is 1. The number of amides is 1. The second kappa shape index (κ2) is 6.40. The van der Waals surface area contributed by atoms with Gasteiger partial charge in [0.15, 0.2) is 15.0 Å². The van der Waals surface area contributed by atoms with Crippen LogP contribution in [0.3, 0.4) is 0 Å². The molecule has 2 heterocycles. The number of fused-ring (bicyclic) bond motifs is 1. The summed E-state index contributed by atoms with van der Waals surface area (Å²) < 4.78 is 24.0. The third kappa shape index (κ3) is 3.30. The van der Waals surface area contributed by atoms with Gasteiger partial charge in [0.1, 0.15) is 0 Å². The summed E-state index contributed by atoms with van der Waals surface area (Å²) in [5, 5.41) is 0.552. The monoisotopic (exact) mass is 367 g/mol. The first-order valence-electron chi connectivity index (χ1n) is 7.86. The predicted octanol–water partition coefficient (Wildman–Crippen LogP) is 1.76. The Morgan fingerprint density at radius 1 is 1.29 bits per heavy atom. The molecular formula is C16H21N3O3S2. The van der Waals surface area contributed by atoms with Crippen molar-refractivity contribution in [3.05, 3.63) is 24.3 Å². The smallest absolute Gasteiger partial charge is 0.247 e. The Bertz CT molecular complexity index is 772. The second-order valence-electron chi connectivity index (χ2n) is 6.22. The summed E-state index contributed by atoms with van der Waals surface area (Å²) in [6, 6.07) is 7.71. The molecule has 2 aliphatic rings. The van der Waals surface area contributed by atoms with Gasteiger partial charge in [-0.05, 0) is 24.3 Å². The Morgan fingerprint density at radius 3 is 2.54 bits per heavy atom. The first-order chi connectivity index (χ1) is 11.3. The first-order valence-corrected chi connectivity index (χ1v) is 10.6. The normalized spacial score (nSPS) is 26.6. The molecule has 130 valence electrons. The van der Waals surface area contributed by atoms with E-state index in [0.29, 0.717) is 11.6 Å². The van der Waals surface area contributed by atoms with Crippen molar-refractivity contribution < 1.29 is 13.2 Å². The van der Waals surface area contributed by atoms with E-state index < -0.39 is 9.84 Å². The van der Waals surface area contributed by atoms with Crippen LogP contribution in [0.25, 0.3) is 0 Å². The van der Waals surface area contributed by atoms with E-state index in [4.69, 9.17) is 0 Å². The molecule has 24 heavy (non-hydrogen) atoms. The molecule has 0 aromatic heterocycles. The lowest BCUT2D eigenvalue weighted by Crippen LogP contribution is -2.37. The SMILES string of the molecule is CCC(=O)N=C1S[C@@H]2CS(=O)(=O)C[C@@H]2N1c1ccc(N(C)C)cc1. The number of anilines is 2. The van der Waals surface area contributed by atoms with Crippen molar-refractivity contribution in [3.63, 3.8) is 0 Å². The van der Waals surface area contributed by atoms with E-state index in [1.807, 2.05) is 48.2 Å². The standard InChI is InChI=1S/C16H21N3O3S2/c1-4-15(20)17-16-19(12-7-5-11(6-8-12)18(2)3)13-9-24(21,22)10-14(13)23-16/h5-8,13-14H,4,9-10H2,1-3H3/t13-,14+/m0/s1. The van der Waals surface area contributed by atoms with Gasteiger partial charge in [0.2, 0.25) is 5.91 Å². The molecule has 0 N–H and O–H groups in total. The fourth-order valence-corrected chi connectivity index (χ4v) is 6.89. The van der Waals surface area contributed by atoms with Crippen molar-refractivity contribution in [2.75, 3.05) is 35.4 Å². The minimum absolute atomic E-state index is 0.0630. The molecule has 3 rings (SSSR count). The van der Waals surface area contributed by atoms with Crippen LogP contribution in [0.15, 0.2) is 29.3 Å². The van der Waals surface area contributed by atoms with Gasteiger partial charge in [-0.25, -0.2) is 8.42 Å². The lowest BCUT2D eigenvalue weighted by molar-refractivity contribution is -0.117. The van der Waals surface area contributed by atoms with E-state index in [9.17, 15) is 13.2 Å². The van der Waals surface area contributed by atoms with Gasteiger partial charge >= 0.3 is 0 Å². The van der Waals surface area contributed by atoms with E-state index in [1.54, 1.807) is 6.92 Å². The number of amidine groups is 1. The Hall–Kier alpha value is -1.54. The number of nitrogens with zero attached hydrogens (tertiary/aromatic N) is 3. The molecule has 0 unspecified atom stereocenters. The molecule has 6 nitrogen and oxygen atoms in total. The van der Waals surface area contributed by atoms with Gasteiger partial charge in [0.05, 0.1) is 17.5 Å². The maximum atomic E-state index is 12.0. The Labute approximate surface area is 146 Å². The lowest BCUT2D eigenvalue weighted by Gasteiger charge is -2.25.